The molecule has 150 valence electrons. The molecule has 1 heterocycles. The van der Waals surface area contributed by atoms with Gasteiger partial charge in [-0.25, -0.2) is 9.97 Å². The topological polar surface area (TPSA) is 94.6 Å². The highest BCUT2D eigenvalue weighted by atomic mass is 16.5. The van der Waals surface area contributed by atoms with Crippen LogP contribution in [0.3, 0.4) is 0 Å². The van der Waals surface area contributed by atoms with Crippen molar-refractivity contribution >= 4 is 23.2 Å². The van der Waals surface area contributed by atoms with E-state index in [1.165, 1.54) is 12.3 Å². The minimum atomic E-state index is -0.375. The first-order valence-electron chi connectivity index (χ1n) is 9.00. The Morgan fingerprint density at radius 2 is 1.83 bits per heavy atom. The summed E-state index contributed by atoms with van der Waals surface area (Å²) in [6.45, 7) is 2.38. The number of nitrogens with one attached hydrogen (secondary N) is 2. The number of aromatic nitrogens is 2. The summed E-state index contributed by atoms with van der Waals surface area (Å²) in [4.78, 5) is 21.1. The van der Waals surface area contributed by atoms with Crippen LogP contribution in [0.25, 0.3) is 0 Å². The molecule has 2 aromatic carbocycles. The van der Waals surface area contributed by atoms with Crippen LogP contribution in [-0.4, -0.2) is 36.7 Å². The first-order chi connectivity index (χ1) is 14.1. The molecule has 0 bridgehead atoms. The predicted molar refractivity (Wildman–Crippen MR) is 110 cm³/mol. The van der Waals surface area contributed by atoms with Crippen LogP contribution < -0.4 is 24.8 Å². The second kappa shape index (κ2) is 9.41. The number of carbonyl (C=O) groups excluding carboxylic acids is 1. The molecule has 3 rings (SSSR count). The quantitative estimate of drug-likeness (QED) is 0.598. The second-order valence-electron chi connectivity index (χ2n) is 5.84. The summed E-state index contributed by atoms with van der Waals surface area (Å²) in [5.41, 5.74) is 1.39. The molecular formula is C21H22N4O4. The number of para-hydroxylation sites is 2. The van der Waals surface area contributed by atoms with E-state index in [1.807, 2.05) is 19.1 Å². The van der Waals surface area contributed by atoms with Gasteiger partial charge in [-0.2, -0.15) is 0 Å². The van der Waals surface area contributed by atoms with Gasteiger partial charge in [-0.15, -0.1) is 0 Å². The zero-order valence-electron chi connectivity index (χ0n) is 16.4. The fourth-order valence-electron chi connectivity index (χ4n) is 2.62. The van der Waals surface area contributed by atoms with Crippen LogP contribution >= 0.6 is 0 Å². The SMILES string of the molecule is CCOc1ccccc1NC(=O)c1ccnc(Nc2cc(OC)ccc2OC)n1. The number of nitrogens with zero attached hydrogens (tertiary/aromatic N) is 2. The lowest BCUT2D eigenvalue weighted by Crippen LogP contribution is -2.15. The molecule has 1 amide bonds. The molecule has 29 heavy (non-hydrogen) atoms. The largest absolute Gasteiger partial charge is 0.497 e. The molecule has 0 fully saturated rings. The average molecular weight is 394 g/mol. The van der Waals surface area contributed by atoms with Gasteiger partial charge >= 0.3 is 0 Å². The number of rotatable bonds is 8. The summed E-state index contributed by atoms with van der Waals surface area (Å²) in [5.74, 6) is 1.71. The maximum atomic E-state index is 12.7. The third kappa shape index (κ3) is 4.92. The van der Waals surface area contributed by atoms with E-state index < -0.39 is 0 Å². The minimum Gasteiger partial charge on any atom is -0.497 e. The monoisotopic (exact) mass is 394 g/mol. The highest BCUT2D eigenvalue weighted by Gasteiger charge is 2.13. The Hall–Kier alpha value is -3.81. The summed E-state index contributed by atoms with van der Waals surface area (Å²) in [6, 6.07) is 14.1. The summed E-state index contributed by atoms with van der Waals surface area (Å²) < 4.78 is 16.1. The number of hydrogen-bond donors (Lipinski definition) is 2. The molecule has 8 nitrogen and oxygen atoms in total. The minimum absolute atomic E-state index is 0.204. The molecule has 0 aliphatic rings. The fourth-order valence-corrected chi connectivity index (χ4v) is 2.62. The Labute approximate surface area is 168 Å². The first-order valence-corrected chi connectivity index (χ1v) is 9.00. The fraction of sp³-hybridized carbons (Fsp3) is 0.190. The van der Waals surface area contributed by atoms with Crippen molar-refractivity contribution in [2.75, 3.05) is 31.5 Å². The third-order valence-electron chi connectivity index (χ3n) is 3.98. The summed E-state index contributed by atoms with van der Waals surface area (Å²) in [7, 11) is 3.14. The van der Waals surface area contributed by atoms with Gasteiger partial charge in [0.15, 0.2) is 0 Å². The lowest BCUT2D eigenvalue weighted by atomic mass is 10.2. The van der Waals surface area contributed by atoms with Gasteiger partial charge in [0.2, 0.25) is 5.95 Å². The number of hydrogen-bond acceptors (Lipinski definition) is 7. The van der Waals surface area contributed by atoms with E-state index in [2.05, 4.69) is 20.6 Å². The van der Waals surface area contributed by atoms with Gasteiger partial charge in [0.25, 0.3) is 5.91 Å². The van der Waals surface area contributed by atoms with Crippen molar-refractivity contribution in [1.29, 1.82) is 0 Å². The standard InChI is InChI=1S/C21H22N4O4/c1-4-29-19-8-6-5-7-15(19)23-20(26)16-11-12-22-21(24-16)25-17-13-14(27-2)9-10-18(17)28-3/h5-13H,4H2,1-3H3,(H,23,26)(H,22,24,25). The zero-order chi connectivity index (χ0) is 20.6. The average Bonchev–Trinajstić information content (AvgIpc) is 2.75. The molecule has 2 N–H and O–H groups in total. The number of methoxy groups -OCH3 is 2. The van der Waals surface area contributed by atoms with Gasteiger partial charge in [-0.3, -0.25) is 4.79 Å². The number of ether oxygens (including phenoxy) is 3. The predicted octanol–water partition coefficient (Wildman–Crippen LogP) is 3.89. The zero-order valence-corrected chi connectivity index (χ0v) is 16.4. The number of amides is 1. The van der Waals surface area contributed by atoms with Crippen LogP contribution in [0.1, 0.15) is 17.4 Å². The van der Waals surface area contributed by atoms with Crippen molar-refractivity contribution < 1.29 is 19.0 Å². The van der Waals surface area contributed by atoms with Crippen molar-refractivity contribution in [2.45, 2.75) is 6.92 Å². The van der Waals surface area contributed by atoms with Gasteiger partial charge in [0, 0.05) is 12.3 Å². The second-order valence-corrected chi connectivity index (χ2v) is 5.84. The van der Waals surface area contributed by atoms with E-state index >= 15 is 0 Å². The lowest BCUT2D eigenvalue weighted by molar-refractivity contribution is 0.102. The van der Waals surface area contributed by atoms with Crippen molar-refractivity contribution in [3.8, 4) is 17.2 Å². The van der Waals surface area contributed by atoms with Crippen LogP contribution in [0, 0.1) is 0 Å². The van der Waals surface area contributed by atoms with Crippen LogP contribution in [0.2, 0.25) is 0 Å². The summed E-state index contributed by atoms with van der Waals surface area (Å²) in [5, 5.41) is 5.87. The van der Waals surface area contributed by atoms with Gasteiger partial charge in [0.1, 0.15) is 22.9 Å². The van der Waals surface area contributed by atoms with E-state index in [0.29, 0.717) is 35.2 Å². The first kappa shape index (κ1) is 19.9. The highest BCUT2D eigenvalue weighted by molar-refractivity contribution is 6.03. The van der Waals surface area contributed by atoms with Crippen molar-refractivity contribution in [3.63, 3.8) is 0 Å². The summed E-state index contributed by atoms with van der Waals surface area (Å²) in [6.07, 6.45) is 1.51. The number of benzene rings is 2. The van der Waals surface area contributed by atoms with Crippen molar-refractivity contribution in [3.05, 3.63) is 60.4 Å². The third-order valence-corrected chi connectivity index (χ3v) is 3.98. The maximum Gasteiger partial charge on any atom is 0.274 e. The highest BCUT2D eigenvalue weighted by Crippen LogP contribution is 2.30. The molecule has 0 saturated carbocycles. The molecule has 0 aliphatic heterocycles. The Bertz CT molecular complexity index is 994. The molecule has 0 atom stereocenters. The van der Waals surface area contributed by atoms with Gasteiger partial charge in [-0.05, 0) is 37.3 Å². The Morgan fingerprint density at radius 1 is 1.00 bits per heavy atom. The molecule has 0 spiro atoms. The molecule has 8 heteroatoms. The van der Waals surface area contributed by atoms with Gasteiger partial charge in [-0.1, -0.05) is 12.1 Å². The van der Waals surface area contributed by atoms with Crippen molar-refractivity contribution in [2.24, 2.45) is 0 Å². The Balaban J connectivity index is 1.80. The van der Waals surface area contributed by atoms with Crippen molar-refractivity contribution in [1.82, 2.24) is 9.97 Å². The van der Waals surface area contributed by atoms with Gasteiger partial charge in [0.05, 0.1) is 32.2 Å². The van der Waals surface area contributed by atoms with Crippen LogP contribution in [0.4, 0.5) is 17.3 Å². The molecule has 0 aliphatic carbocycles. The van der Waals surface area contributed by atoms with E-state index in [-0.39, 0.29) is 17.5 Å². The molecule has 1 aromatic heterocycles. The maximum absolute atomic E-state index is 12.7. The van der Waals surface area contributed by atoms with E-state index in [1.54, 1.807) is 44.6 Å². The summed E-state index contributed by atoms with van der Waals surface area (Å²) >= 11 is 0. The number of anilines is 3. The van der Waals surface area contributed by atoms with Crippen LogP contribution in [0.5, 0.6) is 17.2 Å². The number of carbonyl (C=O) groups is 1. The smallest absolute Gasteiger partial charge is 0.274 e. The van der Waals surface area contributed by atoms with Crippen LogP contribution in [0.15, 0.2) is 54.7 Å². The normalized spacial score (nSPS) is 10.2. The van der Waals surface area contributed by atoms with Gasteiger partial charge < -0.3 is 24.8 Å². The Kier molecular flexibility index (Phi) is 6.47. The molecule has 0 radical (unpaired) electrons. The molecule has 0 unspecified atom stereocenters. The van der Waals surface area contributed by atoms with Crippen LogP contribution in [-0.2, 0) is 0 Å². The van der Waals surface area contributed by atoms with E-state index in [0.717, 1.165) is 0 Å². The molecular weight excluding hydrogens is 372 g/mol. The molecule has 3 aromatic rings. The Morgan fingerprint density at radius 3 is 2.59 bits per heavy atom. The van der Waals surface area contributed by atoms with E-state index in [4.69, 9.17) is 14.2 Å². The molecule has 0 saturated heterocycles. The lowest BCUT2D eigenvalue weighted by Gasteiger charge is -2.13. The van der Waals surface area contributed by atoms with E-state index in [9.17, 15) is 4.79 Å².